The molecule has 0 spiro atoms. The average Bonchev–Trinajstić information content (AvgIpc) is 2.31. The van der Waals surface area contributed by atoms with Crippen molar-refractivity contribution >= 4 is 5.91 Å². The summed E-state index contributed by atoms with van der Waals surface area (Å²) < 4.78 is 5.30. The lowest BCUT2D eigenvalue weighted by atomic mass is 9.88. The first kappa shape index (κ1) is 9.52. The topological polar surface area (TPSA) is 38.3 Å². The Labute approximate surface area is 73.5 Å². The summed E-state index contributed by atoms with van der Waals surface area (Å²) in [7, 11) is 0. The Morgan fingerprint density at radius 3 is 2.75 bits per heavy atom. The number of carbonyl (C=O) groups excluding carboxylic acids is 1. The third-order valence-electron chi connectivity index (χ3n) is 2.36. The van der Waals surface area contributed by atoms with Gasteiger partial charge in [-0.1, -0.05) is 20.8 Å². The molecule has 1 amide bonds. The van der Waals surface area contributed by atoms with E-state index in [1.165, 1.54) is 0 Å². The molecule has 1 N–H and O–H groups in total. The highest BCUT2D eigenvalue weighted by Crippen LogP contribution is 2.27. The highest BCUT2D eigenvalue weighted by atomic mass is 16.5. The van der Waals surface area contributed by atoms with E-state index < -0.39 is 0 Å². The van der Waals surface area contributed by atoms with Crippen LogP contribution in [-0.4, -0.2) is 25.2 Å². The number of rotatable bonds is 2. The van der Waals surface area contributed by atoms with Gasteiger partial charge < -0.3 is 10.1 Å². The van der Waals surface area contributed by atoms with Crippen molar-refractivity contribution in [1.29, 1.82) is 0 Å². The maximum Gasteiger partial charge on any atom is 0.220 e. The lowest BCUT2D eigenvalue weighted by molar-refractivity contribution is -0.122. The molecule has 0 saturated carbocycles. The van der Waals surface area contributed by atoms with Crippen LogP contribution in [0, 0.1) is 5.41 Å². The molecule has 70 valence electrons. The van der Waals surface area contributed by atoms with Crippen LogP contribution in [0.25, 0.3) is 0 Å². The van der Waals surface area contributed by atoms with Gasteiger partial charge in [-0.2, -0.15) is 0 Å². The Morgan fingerprint density at radius 1 is 1.67 bits per heavy atom. The molecule has 0 aliphatic carbocycles. The molecule has 0 radical (unpaired) electrons. The molecule has 1 unspecified atom stereocenters. The standard InChI is InChI=1S/C9H17NO2/c1-4-8(11)10-7-5-12-6-9(7,2)3/h7H,4-6H2,1-3H3,(H,10,11). The third-order valence-corrected chi connectivity index (χ3v) is 2.36. The van der Waals surface area contributed by atoms with Crippen molar-refractivity contribution in [3.8, 4) is 0 Å². The molecule has 1 rings (SSSR count). The zero-order valence-electron chi connectivity index (χ0n) is 8.02. The molecule has 1 saturated heterocycles. The molecule has 1 heterocycles. The second-order valence-corrected chi connectivity index (χ2v) is 3.98. The predicted octanol–water partition coefficient (Wildman–Crippen LogP) is 0.938. The summed E-state index contributed by atoms with van der Waals surface area (Å²) >= 11 is 0. The van der Waals surface area contributed by atoms with Gasteiger partial charge in [0.2, 0.25) is 5.91 Å². The van der Waals surface area contributed by atoms with Crippen LogP contribution in [-0.2, 0) is 9.53 Å². The molecule has 3 nitrogen and oxygen atoms in total. The normalized spacial score (nSPS) is 27.1. The van der Waals surface area contributed by atoms with Crippen LogP contribution in [0.5, 0.6) is 0 Å². The molecular formula is C9H17NO2. The van der Waals surface area contributed by atoms with Crippen LogP contribution in [0.2, 0.25) is 0 Å². The summed E-state index contributed by atoms with van der Waals surface area (Å²) in [4.78, 5) is 11.1. The van der Waals surface area contributed by atoms with Gasteiger partial charge in [0.05, 0.1) is 19.3 Å². The zero-order valence-corrected chi connectivity index (χ0v) is 8.02. The van der Waals surface area contributed by atoms with Crippen molar-refractivity contribution in [1.82, 2.24) is 5.32 Å². The first-order valence-corrected chi connectivity index (χ1v) is 4.43. The smallest absolute Gasteiger partial charge is 0.220 e. The van der Waals surface area contributed by atoms with Crippen molar-refractivity contribution < 1.29 is 9.53 Å². The largest absolute Gasteiger partial charge is 0.379 e. The minimum Gasteiger partial charge on any atom is -0.379 e. The van der Waals surface area contributed by atoms with Crippen LogP contribution in [0.4, 0.5) is 0 Å². The van der Waals surface area contributed by atoms with Gasteiger partial charge in [-0.15, -0.1) is 0 Å². The highest BCUT2D eigenvalue weighted by molar-refractivity contribution is 5.75. The number of nitrogens with one attached hydrogen (secondary N) is 1. The molecule has 1 atom stereocenters. The van der Waals surface area contributed by atoms with Crippen molar-refractivity contribution in [2.24, 2.45) is 5.41 Å². The van der Waals surface area contributed by atoms with Crippen molar-refractivity contribution in [3.63, 3.8) is 0 Å². The molecule has 0 aromatic rings. The molecular weight excluding hydrogens is 154 g/mol. The number of ether oxygens (including phenoxy) is 1. The van der Waals surface area contributed by atoms with E-state index in [4.69, 9.17) is 4.74 Å². The lowest BCUT2D eigenvalue weighted by Crippen LogP contribution is -2.43. The second kappa shape index (κ2) is 3.44. The maximum atomic E-state index is 11.1. The molecule has 0 aromatic carbocycles. The molecule has 0 bridgehead atoms. The fraction of sp³-hybridized carbons (Fsp3) is 0.889. The fourth-order valence-electron chi connectivity index (χ4n) is 1.30. The van der Waals surface area contributed by atoms with Crippen molar-refractivity contribution in [2.45, 2.75) is 33.2 Å². The van der Waals surface area contributed by atoms with Crippen molar-refractivity contribution in [3.05, 3.63) is 0 Å². The van der Waals surface area contributed by atoms with Crippen LogP contribution in [0.15, 0.2) is 0 Å². The quantitative estimate of drug-likeness (QED) is 0.671. The summed E-state index contributed by atoms with van der Waals surface area (Å²) in [6, 6.07) is 0.185. The minimum atomic E-state index is 0.0881. The van der Waals surface area contributed by atoms with E-state index in [1.54, 1.807) is 0 Å². The Kier molecular flexibility index (Phi) is 2.73. The van der Waals surface area contributed by atoms with Gasteiger partial charge in [-0.05, 0) is 0 Å². The van der Waals surface area contributed by atoms with E-state index in [-0.39, 0.29) is 17.4 Å². The SMILES string of the molecule is CCC(=O)NC1COCC1(C)C. The third kappa shape index (κ3) is 1.97. The Hall–Kier alpha value is -0.570. The minimum absolute atomic E-state index is 0.0881. The van der Waals surface area contributed by atoms with Crippen LogP contribution >= 0.6 is 0 Å². The number of carbonyl (C=O) groups is 1. The zero-order chi connectivity index (χ0) is 9.19. The average molecular weight is 171 g/mol. The number of hydrogen-bond donors (Lipinski definition) is 1. The Morgan fingerprint density at radius 2 is 2.33 bits per heavy atom. The Balaban J connectivity index is 2.47. The number of amides is 1. The second-order valence-electron chi connectivity index (χ2n) is 3.98. The summed E-state index contributed by atoms with van der Waals surface area (Å²) in [5.41, 5.74) is 0.0881. The predicted molar refractivity (Wildman–Crippen MR) is 46.8 cm³/mol. The molecule has 1 fully saturated rings. The van der Waals surface area contributed by atoms with E-state index in [2.05, 4.69) is 19.2 Å². The van der Waals surface area contributed by atoms with Gasteiger partial charge >= 0.3 is 0 Å². The van der Waals surface area contributed by atoms with Crippen LogP contribution < -0.4 is 5.32 Å². The first-order chi connectivity index (χ1) is 5.56. The van der Waals surface area contributed by atoms with Gasteiger partial charge in [0, 0.05) is 11.8 Å². The van der Waals surface area contributed by atoms with Crippen molar-refractivity contribution in [2.75, 3.05) is 13.2 Å². The monoisotopic (exact) mass is 171 g/mol. The fourth-order valence-corrected chi connectivity index (χ4v) is 1.30. The van der Waals surface area contributed by atoms with Crippen LogP contribution in [0.1, 0.15) is 27.2 Å². The van der Waals surface area contributed by atoms with E-state index in [0.29, 0.717) is 13.0 Å². The first-order valence-electron chi connectivity index (χ1n) is 4.43. The van der Waals surface area contributed by atoms with Gasteiger partial charge in [-0.25, -0.2) is 0 Å². The van der Waals surface area contributed by atoms with Gasteiger partial charge in [-0.3, -0.25) is 4.79 Å². The highest BCUT2D eigenvalue weighted by Gasteiger charge is 2.36. The van der Waals surface area contributed by atoms with Gasteiger partial charge in [0.1, 0.15) is 0 Å². The van der Waals surface area contributed by atoms with E-state index in [0.717, 1.165) is 6.61 Å². The number of hydrogen-bond acceptors (Lipinski definition) is 2. The van der Waals surface area contributed by atoms with Gasteiger partial charge in [0.15, 0.2) is 0 Å². The summed E-state index contributed by atoms with van der Waals surface area (Å²) in [5, 5.41) is 2.95. The molecule has 3 heteroatoms. The summed E-state index contributed by atoms with van der Waals surface area (Å²) in [6.45, 7) is 7.47. The van der Waals surface area contributed by atoms with Gasteiger partial charge in [0.25, 0.3) is 0 Å². The summed E-state index contributed by atoms with van der Waals surface area (Å²) in [6.07, 6.45) is 0.548. The Bertz CT molecular complexity index is 177. The molecule has 1 aliphatic rings. The van der Waals surface area contributed by atoms with E-state index >= 15 is 0 Å². The van der Waals surface area contributed by atoms with E-state index in [1.807, 2.05) is 6.92 Å². The molecule has 1 aliphatic heterocycles. The lowest BCUT2D eigenvalue weighted by Gasteiger charge is -2.25. The van der Waals surface area contributed by atoms with Crippen LogP contribution in [0.3, 0.4) is 0 Å². The molecule has 0 aromatic heterocycles. The maximum absolute atomic E-state index is 11.1. The van der Waals surface area contributed by atoms with E-state index in [9.17, 15) is 4.79 Å². The molecule has 12 heavy (non-hydrogen) atoms. The summed E-state index contributed by atoms with van der Waals surface area (Å²) in [5.74, 6) is 0.110.